The molecule has 2 heterocycles. The van der Waals surface area contributed by atoms with Crippen molar-refractivity contribution >= 4 is 23.5 Å². The lowest BCUT2D eigenvalue weighted by atomic mass is 10.0. The first-order valence-electron chi connectivity index (χ1n) is 8.61. The van der Waals surface area contributed by atoms with Crippen LogP contribution in [0.4, 0.5) is 10.1 Å². The summed E-state index contributed by atoms with van der Waals surface area (Å²) in [5.41, 5.74) is 0.246. The minimum atomic E-state index is -1.14. The molecule has 0 saturated carbocycles. The Morgan fingerprint density at radius 3 is 2.74 bits per heavy atom. The molecule has 1 saturated heterocycles. The number of likely N-dealkylation sites (tertiary alicyclic amines) is 1. The highest BCUT2D eigenvalue weighted by molar-refractivity contribution is 6.00. The van der Waals surface area contributed by atoms with Crippen LogP contribution in [0.1, 0.15) is 35.4 Å². The number of furan rings is 1. The summed E-state index contributed by atoms with van der Waals surface area (Å²) in [6.45, 7) is 0.434. The van der Waals surface area contributed by atoms with Crippen molar-refractivity contribution in [3.8, 4) is 0 Å². The monoisotopic (exact) mass is 374 g/mol. The molecule has 0 aliphatic carbocycles. The van der Waals surface area contributed by atoms with Gasteiger partial charge < -0.3 is 19.7 Å². The van der Waals surface area contributed by atoms with E-state index in [1.165, 1.54) is 23.3 Å². The molecule has 1 aliphatic heterocycles. The SMILES string of the molecule is O=C(O)Cc1ccc(NC(=O)C2CCCCN2C(=O)c2ccco2)cc1F. The molecule has 1 fully saturated rings. The quantitative estimate of drug-likeness (QED) is 0.838. The normalized spacial score (nSPS) is 16.8. The number of nitrogens with zero attached hydrogens (tertiary/aromatic N) is 1. The molecule has 1 unspecified atom stereocenters. The molecule has 8 heteroatoms. The van der Waals surface area contributed by atoms with Gasteiger partial charge in [0.15, 0.2) is 5.76 Å². The Kier molecular flexibility index (Phi) is 5.54. The third-order valence-electron chi connectivity index (χ3n) is 4.46. The number of halogens is 1. The summed E-state index contributed by atoms with van der Waals surface area (Å²) in [5, 5.41) is 11.4. The van der Waals surface area contributed by atoms with Gasteiger partial charge in [-0.05, 0) is 49.1 Å². The number of carbonyl (C=O) groups excluding carboxylic acids is 2. The average Bonchev–Trinajstić information content (AvgIpc) is 3.18. The molecule has 142 valence electrons. The highest BCUT2D eigenvalue weighted by atomic mass is 19.1. The van der Waals surface area contributed by atoms with Gasteiger partial charge in [-0.1, -0.05) is 6.07 Å². The maximum Gasteiger partial charge on any atom is 0.307 e. The third kappa shape index (κ3) is 4.33. The van der Waals surface area contributed by atoms with Crippen LogP contribution >= 0.6 is 0 Å². The van der Waals surface area contributed by atoms with Crippen LogP contribution in [0.3, 0.4) is 0 Å². The van der Waals surface area contributed by atoms with Crippen LogP contribution in [0.15, 0.2) is 41.0 Å². The maximum atomic E-state index is 14.0. The van der Waals surface area contributed by atoms with E-state index in [9.17, 15) is 18.8 Å². The lowest BCUT2D eigenvalue weighted by Crippen LogP contribution is -2.49. The molecule has 0 spiro atoms. The average molecular weight is 374 g/mol. The topological polar surface area (TPSA) is 99.9 Å². The molecule has 1 atom stereocenters. The van der Waals surface area contributed by atoms with Crippen LogP contribution in [0, 0.1) is 5.82 Å². The van der Waals surface area contributed by atoms with Gasteiger partial charge in [-0.2, -0.15) is 0 Å². The first-order valence-corrected chi connectivity index (χ1v) is 8.61. The van der Waals surface area contributed by atoms with Crippen LogP contribution in [-0.2, 0) is 16.0 Å². The number of rotatable bonds is 5. The van der Waals surface area contributed by atoms with E-state index in [-0.39, 0.29) is 22.9 Å². The number of aliphatic carboxylic acids is 1. The molecular weight excluding hydrogens is 355 g/mol. The number of piperidine rings is 1. The van der Waals surface area contributed by atoms with Crippen LogP contribution in [-0.4, -0.2) is 40.4 Å². The summed E-state index contributed by atoms with van der Waals surface area (Å²) in [7, 11) is 0. The largest absolute Gasteiger partial charge is 0.481 e. The number of benzene rings is 1. The molecule has 2 aromatic rings. The summed E-state index contributed by atoms with van der Waals surface area (Å²) < 4.78 is 19.1. The molecule has 1 aliphatic rings. The van der Waals surface area contributed by atoms with Crippen LogP contribution in [0.25, 0.3) is 0 Å². The van der Waals surface area contributed by atoms with Gasteiger partial charge in [-0.3, -0.25) is 14.4 Å². The van der Waals surface area contributed by atoms with Gasteiger partial charge in [0, 0.05) is 12.2 Å². The minimum absolute atomic E-state index is 0.0350. The first-order chi connectivity index (χ1) is 13.0. The summed E-state index contributed by atoms with van der Waals surface area (Å²) in [6.07, 6.45) is 3.04. The van der Waals surface area contributed by atoms with Gasteiger partial charge >= 0.3 is 5.97 Å². The zero-order valence-electron chi connectivity index (χ0n) is 14.5. The standard InChI is InChI=1S/C19H19FN2O5/c20-14-11-13(7-6-12(14)10-17(23)24)21-18(25)15-4-1-2-8-22(15)19(26)16-5-3-9-27-16/h3,5-7,9,11,15H,1-2,4,8,10H2,(H,21,25)(H,23,24). The van der Waals surface area contributed by atoms with Crippen molar-refractivity contribution in [1.82, 2.24) is 4.90 Å². The highest BCUT2D eigenvalue weighted by Crippen LogP contribution is 2.22. The second-order valence-corrected chi connectivity index (χ2v) is 6.35. The van der Waals surface area contributed by atoms with Gasteiger partial charge in [0.2, 0.25) is 5.91 Å². The van der Waals surface area contributed by atoms with E-state index in [1.54, 1.807) is 12.1 Å². The predicted octanol–water partition coefficient (Wildman–Crippen LogP) is 2.68. The Balaban J connectivity index is 1.73. The van der Waals surface area contributed by atoms with Gasteiger partial charge in [0.1, 0.15) is 11.9 Å². The van der Waals surface area contributed by atoms with Crippen LogP contribution in [0.5, 0.6) is 0 Å². The number of carboxylic acid groups (broad SMARTS) is 1. The van der Waals surface area contributed by atoms with Crippen molar-refractivity contribution in [3.63, 3.8) is 0 Å². The Morgan fingerprint density at radius 2 is 2.07 bits per heavy atom. The number of nitrogens with one attached hydrogen (secondary N) is 1. The van der Waals surface area contributed by atoms with Crippen molar-refractivity contribution in [2.75, 3.05) is 11.9 Å². The molecule has 2 N–H and O–H groups in total. The highest BCUT2D eigenvalue weighted by Gasteiger charge is 2.33. The van der Waals surface area contributed by atoms with E-state index in [0.29, 0.717) is 13.0 Å². The van der Waals surface area contributed by atoms with Crippen molar-refractivity contribution in [3.05, 3.63) is 53.7 Å². The Bertz CT molecular complexity index is 850. The van der Waals surface area contributed by atoms with E-state index in [4.69, 9.17) is 9.52 Å². The van der Waals surface area contributed by atoms with E-state index in [2.05, 4.69) is 5.32 Å². The number of carbonyl (C=O) groups is 3. The van der Waals surface area contributed by atoms with Gasteiger partial charge in [-0.15, -0.1) is 0 Å². The molecule has 3 rings (SSSR count). The van der Waals surface area contributed by atoms with E-state index in [0.717, 1.165) is 18.9 Å². The van der Waals surface area contributed by atoms with Crippen LogP contribution in [0.2, 0.25) is 0 Å². The zero-order valence-corrected chi connectivity index (χ0v) is 14.5. The van der Waals surface area contributed by atoms with Crippen LogP contribution < -0.4 is 5.32 Å². The number of carboxylic acids is 1. The molecule has 27 heavy (non-hydrogen) atoms. The minimum Gasteiger partial charge on any atom is -0.481 e. The summed E-state index contributed by atoms with van der Waals surface area (Å²) in [6, 6.07) is 6.32. The molecule has 0 bridgehead atoms. The lowest BCUT2D eigenvalue weighted by Gasteiger charge is -2.34. The maximum absolute atomic E-state index is 14.0. The van der Waals surface area contributed by atoms with Gasteiger partial charge in [0.05, 0.1) is 12.7 Å². The molecule has 0 radical (unpaired) electrons. The zero-order chi connectivity index (χ0) is 19.4. The van der Waals surface area contributed by atoms with Crippen molar-refractivity contribution < 1.29 is 28.3 Å². The van der Waals surface area contributed by atoms with E-state index >= 15 is 0 Å². The number of amides is 2. The first kappa shape index (κ1) is 18.6. The molecule has 2 amide bonds. The number of hydrogen-bond acceptors (Lipinski definition) is 4. The summed E-state index contributed by atoms with van der Waals surface area (Å²) in [5.74, 6) is -2.45. The Labute approximate surface area is 154 Å². The van der Waals surface area contributed by atoms with Crippen molar-refractivity contribution in [1.29, 1.82) is 0 Å². The van der Waals surface area contributed by atoms with Gasteiger partial charge in [0.25, 0.3) is 5.91 Å². The number of hydrogen-bond donors (Lipinski definition) is 2. The fraction of sp³-hybridized carbons (Fsp3) is 0.316. The summed E-state index contributed by atoms with van der Waals surface area (Å²) in [4.78, 5) is 37.4. The fourth-order valence-electron chi connectivity index (χ4n) is 3.15. The van der Waals surface area contributed by atoms with Crippen molar-refractivity contribution in [2.45, 2.75) is 31.7 Å². The number of anilines is 1. The lowest BCUT2D eigenvalue weighted by molar-refractivity contribution is -0.136. The van der Waals surface area contributed by atoms with E-state index in [1.807, 2.05) is 0 Å². The summed E-state index contributed by atoms with van der Waals surface area (Å²) >= 11 is 0. The second kappa shape index (κ2) is 8.03. The van der Waals surface area contributed by atoms with E-state index < -0.39 is 30.2 Å². The fourth-order valence-corrected chi connectivity index (χ4v) is 3.15. The smallest absolute Gasteiger partial charge is 0.307 e. The van der Waals surface area contributed by atoms with Crippen molar-refractivity contribution in [2.24, 2.45) is 0 Å². The Hall–Kier alpha value is -3.16. The molecule has 7 nitrogen and oxygen atoms in total. The Morgan fingerprint density at radius 1 is 1.26 bits per heavy atom. The predicted molar refractivity (Wildman–Crippen MR) is 93.8 cm³/mol. The van der Waals surface area contributed by atoms with Gasteiger partial charge in [-0.25, -0.2) is 4.39 Å². The second-order valence-electron chi connectivity index (χ2n) is 6.35. The third-order valence-corrected chi connectivity index (χ3v) is 4.46. The molecule has 1 aromatic heterocycles. The molecular formula is C19H19FN2O5. The molecule has 1 aromatic carbocycles.